The zero-order chi connectivity index (χ0) is 13.2. The summed E-state index contributed by atoms with van der Waals surface area (Å²) in [6.07, 6.45) is 3.07. The van der Waals surface area contributed by atoms with Crippen LogP contribution < -0.4 is 5.69 Å². The lowest BCUT2D eigenvalue weighted by Crippen LogP contribution is -2.34. The van der Waals surface area contributed by atoms with E-state index < -0.39 is 23.3 Å². The molecule has 1 aromatic rings. The Bertz CT molecular complexity index is 471. The van der Waals surface area contributed by atoms with Gasteiger partial charge in [-0.1, -0.05) is 0 Å². The van der Waals surface area contributed by atoms with Gasteiger partial charge in [0.05, 0.1) is 0 Å². The van der Waals surface area contributed by atoms with Gasteiger partial charge in [0, 0.05) is 12.4 Å². The summed E-state index contributed by atoms with van der Waals surface area (Å²) >= 11 is 0. The van der Waals surface area contributed by atoms with Crippen LogP contribution in [0.25, 0.3) is 0 Å². The molecule has 0 aliphatic heterocycles. The molecule has 0 radical (unpaired) electrons. The van der Waals surface area contributed by atoms with Crippen LogP contribution in [0.4, 0.5) is 0 Å². The molecule has 1 aromatic heterocycles. The number of ether oxygens (including phenoxy) is 1. The maximum absolute atomic E-state index is 11.8. The largest absolute Gasteiger partial charge is 0.458 e. The summed E-state index contributed by atoms with van der Waals surface area (Å²) in [4.78, 5) is 27.0. The number of nitrogens with zero attached hydrogens (tertiary/aromatic N) is 2. The van der Waals surface area contributed by atoms with Gasteiger partial charge in [0.15, 0.2) is 0 Å². The number of aryl methyl sites for hydroxylation is 1. The quantitative estimate of drug-likeness (QED) is 0.732. The normalized spacial score (nSPS) is 13.2. The highest BCUT2D eigenvalue weighted by Crippen LogP contribution is 2.13. The van der Waals surface area contributed by atoms with Crippen molar-refractivity contribution in [3.05, 3.63) is 28.4 Å². The van der Waals surface area contributed by atoms with E-state index in [4.69, 9.17) is 4.74 Å². The minimum Gasteiger partial charge on any atom is -0.458 e. The summed E-state index contributed by atoms with van der Waals surface area (Å²) in [6, 6.07) is -0.672. The SMILES string of the molecule is Cc1cnc(=O)n(C(C)C(=O)OC(C)(C)C)c1. The van der Waals surface area contributed by atoms with Crippen molar-refractivity contribution in [2.24, 2.45) is 0 Å². The second kappa shape index (κ2) is 4.69. The van der Waals surface area contributed by atoms with E-state index in [-0.39, 0.29) is 0 Å². The summed E-state index contributed by atoms with van der Waals surface area (Å²) < 4.78 is 6.50. The van der Waals surface area contributed by atoms with E-state index in [9.17, 15) is 9.59 Å². The lowest BCUT2D eigenvalue weighted by Gasteiger charge is -2.23. The number of esters is 1. The van der Waals surface area contributed by atoms with Gasteiger partial charge in [-0.05, 0) is 40.2 Å². The molecule has 0 N–H and O–H groups in total. The standard InChI is InChI=1S/C12H18N2O3/c1-8-6-13-11(16)14(7-8)9(2)10(15)17-12(3,4)5/h6-7,9H,1-5H3. The summed E-state index contributed by atoms with van der Waals surface area (Å²) in [6.45, 7) is 8.79. The molecule has 1 unspecified atom stereocenters. The molecule has 0 aliphatic carbocycles. The predicted octanol–water partition coefficient (Wildman–Crippen LogP) is 1.45. The zero-order valence-corrected chi connectivity index (χ0v) is 10.9. The highest BCUT2D eigenvalue weighted by Gasteiger charge is 2.23. The minimum atomic E-state index is -0.672. The van der Waals surface area contributed by atoms with Crippen LogP contribution in [0.2, 0.25) is 0 Å². The molecule has 0 bridgehead atoms. The molecular formula is C12H18N2O3. The molecule has 1 atom stereocenters. The second-order valence-electron chi connectivity index (χ2n) is 5.03. The number of carbonyl (C=O) groups excluding carboxylic acids is 1. The molecule has 5 heteroatoms. The van der Waals surface area contributed by atoms with E-state index in [1.807, 2.05) is 6.92 Å². The van der Waals surface area contributed by atoms with Gasteiger partial charge in [-0.15, -0.1) is 0 Å². The van der Waals surface area contributed by atoms with Crippen LogP contribution in [-0.4, -0.2) is 21.1 Å². The first kappa shape index (κ1) is 13.4. The molecule has 0 saturated heterocycles. The van der Waals surface area contributed by atoms with Crippen LogP contribution in [0.3, 0.4) is 0 Å². The van der Waals surface area contributed by atoms with E-state index in [2.05, 4.69) is 4.98 Å². The highest BCUT2D eigenvalue weighted by atomic mass is 16.6. The topological polar surface area (TPSA) is 61.2 Å². The Morgan fingerprint density at radius 2 is 2.06 bits per heavy atom. The molecule has 94 valence electrons. The number of hydrogen-bond donors (Lipinski definition) is 0. The fourth-order valence-electron chi connectivity index (χ4n) is 1.31. The van der Waals surface area contributed by atoms with Gasteiger partial charge in [0.1, 0.15) is 11.6 Å². The predicted molar refractivity (Wildman–Crippen MR) is 63.8 cm³/mol. The maximum Gasteiger partial charge on any atom is 0.348 e. The van der Waals surface area contributed by atoms with Crippen molar-refractivity contribution in [3.8, 4) is 0 Å². The fraction of sp³-hybridized carbons (Fsp3) is 0.583. The maximum atomic E-state index is 11.8. The molecule has 0 amide bonds. The molecule has 0 fully saturated rings. The number of aromatic nitrogens is 2. The third-order valence-corrected chi connectivity index (χ3v) is 2.11. The average Bonchev–Trinajstić information content (AvgIpc) is 2.18. The van der Waals surface area contributed by atoms with Gasteiger partial charge in [0.2, 0.25) is 0 Å². The second-order valence-corrected chi connectivity index (χ2v) is 5.03. The van der Waals surface area contributed by atoms with E-state index >= 15 is 0 Å². The van der Waals surface area contributed by atoms with Crippen LogP contribution in [0, 0.1) is 6.92 Å². The molecule has 0 saturated carbocycles. The van der Waals surface area contributed by atoms with Crippen molar-refractivity contribution < 1.29 is 9.53 Å². The minimum absolute atomic E-state index is 0.438. The lowest BCUT2D eigenvalue weighted by molar-refractivity contribution is -0.158. The Labute approximate surface area is 100 Å². The molecule has 1 heterocycles. The first-order valence-electron chi connectivity index (χ1n) is 5.48. The van der Waals surface area contributed by atoms with Gasteiger partial charge in [-0.3, -0.25) is 4.57 Å². The Balaban J connectivity index is 2.97. The van der Waals surface area contributed by atoms with Crippen molar-refractivity contribution in [1.29, 1.82) is 0 Å². The van der Waals surface area contributed by atoms with Crippen molar-refractivity contribution >= 4 is 5.97 Å². The van der Waals surface area contributed by atoms with E-state index in [0.717, 1.165) is 5.56 Å². The third-order valence-electron chi connectivity index (χ3n) is 2.11. The van der Waals surface area contributed by atoms with Gasteiger partial charge in [-0.25, -0.2) is 14.6 Å². The number of carbonyl (C=O) groups is 1. The molecule has 0 aromatic carbocycles. The lowest BCUT2D eigenvalue weighted by atomic mass is 10.2. The van der Waals surface area contributed by atoms with E-state index in [0.29, 0.717) is 0 Å². The van der Waals surface area contributed by atoms with Crippen LogP contribution in [0.1, 0.15) is 39.3 Å². The summed E-state index contributed by atoms with van der Waals surface area (Å²) in [7, 11) is 0. The highest BCUT2D eigenvalue weighted by molar-refractivity contribution is 5.74. The molecule has 5 nitrogen and oxygen atoms in total. The molecule has 17 heavy (non-hydrogen) atoms. The van der Waals surface area contributed by atoms with Crippen LogP contribution in [0.5, 0.6) is 0 Å². The van der Waals surface area contributed by atoms with Crippen molar-refractivity contribution in [2.45, 2.75) is 46.3 Å². The van der Waals surface area contributed by atoms with Crippen LogP contribution in [-0.2, 0) is 9.53 Å². The number of rotatable bonds is 2. The van der Waals surface area contributed by atoms with E-state index in [1.54, 1.807) is 33.9 Å². The van der Waals surface area contributed by atoms with E-state index in [1.165, 1.54) is 10.8 Å². The molecule has 1 rings (SSSR count). The summed E-state index contributed by atoms with van der Waals surface area (Å²) in [5.74, 6) is -0.438. The summed E-state index contributed by atoms with van der Waals surface area (Å²) in [5.41, 5.74) is -0.194. The van der Waals surface area contributed by atoms with Crippen molar-refractivity contribution in [1.82, 2.24) is 9.55 Å². The summed E-state index contributed by atoms with van der Waals surface area (Å²) in [5, 5.41) is 0. The van der Waals surface area contributed by atoms with Gasteiger partial charge >= 0.3 is 11.7 Å². The number of hydrogen-bond acceptors (Lipinski definition) is 4. The van der Waals surface area contributed by atoms with Gasteiger partial charge in [-0.2, -0.15) is 0 Å². The Kier molecular flexibility index (Phi) is 3.70. The van der Waals surface area contributed by atoms with Gasteiger partial charge < -0.3 is 4.74 Å². The van der Waals surface area contributed by atoms with Crippen molar-refractivity contribution in [3.63, 3.8) is 0 Å². The Morgan fingerprint density at radius 3 is 2.59 bits per heavy atom. The molecule has 0 aliphatic rings. The van der Waals surface area contributed by atoms with Crippen LogP contribution >= 0.6 is 0 Å². The first-order chi connectivity index (χ1) is 7.70. The van der Waals surface area contributed by atoms with Crippen LogP contribution in [0.15, 0.2) is 17.2 Å². The molecule has 0 spiro atoms. The smallest absolute Gasteiger partial charge is 0.348 e. The Hall–Kier alpha value is -1.65. The monoisotopic (exact) mass is 238 g/mol. The van der Waals surface area contributed by atoms with Crippen molar-refractivity contribution in [2.75, 3.05) is 0 Å². The zero-order valence-electron chi connectivity index (χ0n) is 10.9. The fourth-order valence-corrected chi connectivity index (χ4v) is 1.31. The Morgan fingerprint density at radius 1 is 1.47 bits per heavy atom. The third kappa shape index (κ3) is 3.69. The molecular weight excluding hydrogens is 220 g/mol. The van der Waals surface area contributed by atoms with Gasteiger partial charge in [0.25, 0.3) is 0 Å². The average molecular weight is 238 g/mol. The first-order valence-corrected chi connectivity index (χ1v) is 5.48.